The van der Waals surface area contributed by atoms with E-state index in [1.54, 1.807) is 30.5 Å². The molecule has 0 spiro atoms. The molecule has 152 valence electrons. The van der Waals surface area contributed by atoms with Gasteiger partial charge in [0, 0.05) is 22.8 Å². The highest BCUT2D eigenvalue weighted by molar-refractivity contribution is 7.11. The minimum absolute atomic E-state index is 0.293. The number of allylic oxidation sites excluding steroid dienone is 1. The van der Waals surface area contributed by atoms with E-state index in [-0.39, 0.29) is 5.97 Å². The first-order valence-electron chi connectivity index (χ1n) is 9.63. The van der Waals surface area contributed by atoms with Gasteiger partial charge in [-0.3, -0.25) is 0 Å². The number of hydrogen-bond acceptors (Lipinski definition) is 6. The van der Waals surface area contributed by atoms with Crippen molar-refractivity contribution < 1.29 is 9.53 Å². The van der Waals surface area contributed by atoms with Gasteiger partial charge >= 0.3 is 5.97 Å². The van der Waals surface area contributed by atoms with Gasteiger partial charge in [0.25, 0.3) is 0 Å². The van der Waals surface area contributed by atoms with Gasteiger partial charge in [-0.15, -0.1) is 11.3 Å². The zero-order chi connectivity index (χ0) is 21.5. The number of thiazole rings is 1. The van der Waals surface area contributed by atoms with Crippen molar-refractivity contribution in [3.05, 3.63) is 76.2 Å². The third-order valence-electron chi connectivity index (χ3n) is 4.25. The molecule has 1 heterocycles. The number of nitriles is 1. The van der Waals surface area contributed by atoms with Crippen molar-refractivity contribution in [2.45, 2.75) is 20.8 Å². The average molecular weight is 418 g/mol. The monoisotopic (exact) mass is 417 g/mol. The first-order valence-corrected chi connectivity index (χ1v) is 10.5. The summed E-state index contributed by atoms with van der Waals surface area (Å²) in [4.78, 5) is 16.6. The number of carbonyl (C=O) groups is 1. The SMILES string of the molecule is Cc1ccc(-c2csc(/C(C#N)=C/Nc3ccc(C(=O)OCC(C)C)cc3)n2)cc1. The fourth-order valence-corrected chi connectivity index (χ4v) is 3.37. The molecule has 0 radical (unpaired) electrons. The normalized spacial score (nSPS) is 11.2. The van der Waals surface area contributed by atoms with Gasteiger partial charge in [-0.2, -0.15) is 5.26 Å². The molecule has 3 aromatic rings. The second kappa shape index (κ2) is 9.86. The van der Waals surface area contributed by atoms with Crippen molar-refractivity contribution in [2.24, 2.45) is 5.92 Å². The summed E-state index contributed by atoms with van der Waals surface area (Å²) >= 11 is 1.43. The van der Waals surface area contributed by atoms with Gasteiger partial charge < -0.3 is 10.1 Å². The maximum absolute atomic E-state index is 12.0. The maximum atomic E-state index is 12.0. The molecule has 3 rings (SSSR count). The molecule has 0 aliphatic heterocycles. The molecule has 0 atom stereocenters. The third kappa shape index (κ3) is 5.56. The lowest BCUT2D eigenvalue weighted by molar-refractivity contribution is 0.0459. The first-order chi connectivity index (χ1) is 14.5. The second-order valence-corrected chi connectivity index (χ2v) is 8.15. The van der Waals surface area contributed by atoms with Crippen molar-refractivity contribution in [1.29, 1.82) is 5.26 Å². The lowest BCUT2D eigenvalue weighted by Gasteiger charge is -2.07. The minimum Gasteiger partial charge on any atom is -0.462 e. The number of carbonyl (C=O) groups excluding carboxylic acids is 1. The number of hydrogen-bond donors (Lipinski definition) is 1. The van der Waals surface area contributed by atoms with Crippen LogP contribution in [0.5, 0.6) is 0 Å². The summed E-state index contributed by atoms with van der Waals surface area (Å²) in [5.41, 5.74) is 4.76. The van der Waals surface area contributed by atoms with Crippen LogP contribution in [0.15, 0.2) is 60.1 Å². The van der Waals surface area contributed by atoms with E-state index in [9.17, 15) is 10.1 Å². The zero-order valence-corrected chi connectivity index (χ0v) is 18.0. The van der Waals surface area contributed by atoms with Gasteiger partial charge in [-0.1, -0.05) is 43.7 Å². The molecular weight excluding hydrogens is 394 g/mol. The van der Waals surface area contributed by atoms with E-state index in [1.807, 2.05) is 50.4 Å². The number of aromatic nitrogens is 1. The third-order valence-corrected chi connectivity index (χ3v) is 5.13. The fraction of sp³-hybridized carbons (Fsp3) is 0.208. The Balaban J connectivity index is 1.68. The van der Waals surface area contributed by atoms with Crippen molar-refractivity contribution in [1.82, 2.24) is 4.98 Å². The molecular formula is C24H23N3O2S. The molecule has 6 heteroatoms. The van der Waals surface area contributed by atoms with Crippen molar-refractivity contribution in [3.8, 4) is 17.3 Å². The van der Waals surface area contributed by atoms with Crippen LogP contribution in [0.3, 0.4) is 0 Å². The Labute approximate surface area is 180 Å². The Hall–Kier alpha value is -3.43. The summed E-state index contributed by atoms with van der Waals surface area (Å²) in [6.07, 6.45) is 1.63. The van der Waals surface area contributed by atoms with Crippen LogP contribution in [-0.4, -0.2) is 17.6 Å². The van der Waals surface area contributed by atoms with Gasteiger partial charge in [0.05, 0.1) is 17.9 Å². The summed E-state index contributed by atoms with van der Waals surface area (Å²) in [7, 11) is 0. The summed E-state index contributed by atoms with van der Waals surface area (Å²) in [5, 5.41) is 15.2. The average Bonchev–Trinajstić information content (AvgIpc) is 3.23. The van der Waals surface area contributed by atoms with E-state index in [0.29, 0.717) is 28.7 Å². The highest BCUT2D eigenvalue weighted by Gasteiger charge is 2.10. The highest BCUT2D eigenvalue weighted by atomic mass is 32.1. The van der Waals surface area contributed by atoms with Crippen molar-refractivity contribution in [3.63, 3.8) is 0 Å². The molecule has 0 aliphatic rings. The molecule has 1 N–H and O–H groups in total. The summed E-state index contributed by atoms with van der Waals surface area (Å²) < 4.78 is 5.23. The van der Waals surface area contributed by atoms with Gasteiger partial charge in [-0.25, -0.2) is 9.78 Å². The molecule has 0 saturated carbocycles. The minimum atomic E-state index is -0.338. The number of rotatable bonds is 7. The Bertz CT molecular complexity index is 1070. The molecule has 0 amide bonds. The fourth-order valence-electron chi connectivity index (χ4n) is 2.58. The number of benzene rings is 2. The number of ether oxygens (including phenoxy) is 1. The number of anilines is 1. The van der Waals surface area contributed by atoms with Crippen LogP contribution in [0.1, 0.15) is 34.8 Å². The lowest BCUT2D eigenvalue weighted by atomic mass is 10.1. The molecule has 30 heavy (non-hydrogen) atoms. The van der Waals surface area contributed by atoms with Crippen LogP contribution < -0.4 is 5.32 Å². The number of nitrogens with zero attached hydrogens (tertiary/aromatic N) is 2. The zero-order valence-electron chi connectivity index (χ0n) is 17.2. The number of aryl methyl sites for hydroxylation is 1. The Morgan fingerprint density at radius 1 is 1.20 bits per heavy atom. The van der Waals surface area contributed by atoms with Crippen LogP contribution in [0.25, 0.3) is 16.8 Å². The molecule has 5 nitrogen and oxygen atoms in total. The van der Waals surface area contributed by atoms with Crippen LogP contribution in [-0.2, 0) is 4.74 Å². The number of esters is 1. The quantitative estimate of drug-likeness (QED) is 0.382. The van der Waals surface area contributed by atoms with Crippen LogP contribution in [0.2, 0.25) is 0 Å². The largest absolute Gasteiger partial charge is 0.462 e. The molecule has 2 aromatic carbocycles. The van der Waals surface area contributed by atoms with E-state index in [4.69, 9.17) is 4.74 Å². The van der Waals surface area contributed by atoms with Gasteiger partial charge in [0.15, 0.2) is 0 Å². The van der Waals surface area contributed by atoms with Gasteiger partial charge in [0.1, 0.15) is 16.6 Å². The van der Waals surface area contributed by atoms with E-state index in [1.165, 1.54) is 16.9 Å². The van der Waals surface area contributed by atoms with Gasteiger partial charge in [0.2, 0.25) is 0 Å². The lowest BCUT2D eigenvalue weighted by Crippen LogP contribution is -2.10. The molecule has 0 fully saturated rings. The Kier molecular flexibility index (Phi) is 6.99. The highest BCUT2D eigenvalue weighted by Crippen LogP contribution is 2.26. The summed E-state index contributed by atoms with van der Waals surface area (Å²) in [6.45, 7) is 6.42. The smallest absolute Gasteiger partial charge is 0.338 e. The van der Waals surface area contributed by atoms with E-state index in [2.05, 4.69) is 16.4 Å². The maximum Gasteiger partial charge on any atom is 0.338 e. The van der Waals surface area contributed by atoms with Crippen molar-refractivity contribution in [2.75, 3.05) is 11.9 Å². The summed E-state index contributed by atoms with van der Waals surface area (Å²) in [5.74, 6) is -0.0447. The second-order valence-electron chi connectivity index (χ2n) is 7.29. The topological polar surface area (TPSA) is 75.0 Å². The molecule has 0 bridgehead atoms. The van der Waals surface area contributed by atoms with Crippen LogP contribution in [0, 0.1) is 24.2 Å². The Morgan fingerprint density at radius 2 is 1.90 bits per heavy atom. The molecule has 1 aromatic heterocycles. The van der Waals surface area contributed by atoms with Crippen LogP contribution >= 0.6 is 11.3 Å². The molecule has 0 saturated heterocycles. The van der Waals surface area contributed by atoms with E-state index in [0.717, 1.165) is 16.9 Å². The Morgan fingerprint density at radius 3 is 2.53 bits per heavy atom. The predicted octanol–water partition coefficient (Wildman–Crippen LogP) is 5.91. The summed E-state index contributed by atoms with van der Waals surface area (Å²) in [6, 6.07) is 17.3. The van der Waals surface area contributed by atoms with Crippen LogP contribution in [0.4, 0.5) is 5.69 Å². The first kappa shape index (κ1) is 21.3. The van der Waals surface area contributed by atoms with Gasteiger partial charge in [-0.05, 0) is 37.1 Å². The van der Waals surface area contributed by atoms with E-state index < -0.39 is 0 Å². The molecule has 0 aliphatic carbocycles. The molecule has 0 unspecified atom stereocenters. The van der Waals surface area contributed by atoms with E-state index >= 15 is 0 Å². The standard InChI is InChI=1S/C24H23N3O2S/c1-16(2)14-29-24(28)19-8-10-21(11-9-19)26-13-20(12-25)23-27-22(15-30-23)18-6-4-17(3)5-7-18/h4-11,13,15-16,26H,14H2,1-3H3/b20-13+. The predicted molar refractivity (Wildman–Crippen MR) is 121 cm³/mol. The number of nitrogens with one attached hydrogen (secondary N) is 1. The van der Waals surface area contributed by atoms with Crippen molar-refractivity contribution >= 4 is 28.6 Å².